The first-order valence-corrected chi connectivity index (χ1v) is 13.3. The molecule has 36 heavy (non-hydrogen) atoms. The number of carbonyl (C=O) groups is 3. The van der Waals surface area contributed by atoms with Crippen LogP contribution in [0.5, 0.6) is 11.5 Å². The summed E-state index contributed by atoms with van der Waals surface area (Å²) >= 11 is 0. The van der Waals surface area contributed by atoms with E-state index in [4.69, 9.17) is 9.47 Å². The van der Waals surface area contributed by atoms with Crippen LogP contribution in [0.3, 0.4) is 0 Å². The second-order valence-electron chi connectivity index (χ2n) is 9.82. The lowest BCUT2D eigenvalue weighted by Crippen LogP contribution is -2.60. The number of piperazine rings is 1. The van der Waals surface area contributed by atoms with Gasteiger partial charge in [-0.2, -0.15) is 0 Å². The summed E-state index contributed by atoms with van der Waals surface area (Å²) in [6.07, 6.45) is 4.61. The van der Waals surface area contributed by atoms with Crippen molar-refractivity contribution in [2.75, 3.05) is 33.9 Å². The van der Waals surface area contributed by atoms with Crippen molar-refractivity contribution in [1.82, 2.24) is 15.1 Å². The highest BCUT2D eigenvalue weighted by atomic mass is 16.5. The lowest BCUT2D eigenvalue weighted by Gasteiger charge is -2.42. The Morgan fingerprint density at radius 3 is 2.33 bits per heavy atom. The molecule has 1 heterocycles. The predicted molar refractivity (Wildman–Crippen MR) is 141 cm³/mol. The van der Waals surface area contributed by atoms with Crippen LogP contribution in [0.1, 0.15) is 77.1 Å². The lowest BCUT2D eigenvalue weighted by molar-refractivity contribution is -0.146. The Morgan fingerprint density at radius 2 is 1.78 bits per heavy atom. The molecule has 1 aromatic carbocycles. The Hall–Kier alpha value is -2.77. The average molecular weight is 504 g/mol. The molecule has 0 unspecified atom stereocenters. The van der Waals surface area contributed by atoms with E-state index >= 15 is 0 Å². The van der Waals surface area contributed by atoms with Gasteiger partial charge in [-0.05, 0) is 37.8 Å². The van der Waals surface area contributed by atoms with Gasteiger partial charge in [0.05, 0.1) is 19.8 Å². The minimum atomic E-state index is -0.670. The van der Waals surface area contributed by atoms with E-state index in [1.807, 2.05) is 25.7 Å². The zero-order valence-electron chi connectivity index (χ0n) is 23.1. The van der Waals surface area contributed by atoms with Crippen LogP contribution < -0.4 is 14.8 Å². The maximum absolute atomic E-state index is 13.6. The van der Waals surface area contributed by atoms with E-state index < -0.39 is 6.04 Å². The van der Waals surface area contributed by atoms with Gasteiger partial charge < -0.3 is 24.6 Å². The number of nitrogens with zero attached hydrogens (tertiary/aromatic N) is 2. The number of hydrogen-bond acceptors (Lipinski definition) is 5. The van der Waals surface area contributed by atoms with Gasteiger partial charge in [0.15, 0.2) is 0 Å². The number of methoxy groups -OCH3 is 2. The molecule has 0 aliphatic carbocycles. The van der Waals surface area contributed by atoms with Gasteiger partial charge in [-0.3, -0.25) is 14.4 Å². The summed E-state index contributed by atoms with van der Waals surface area (Å²) in [6, 6.07) is 4.24. The van der Waals surface area contributed by atoms with Crippen molar-refractivity contribution in [2.24, 2.45) is 11.8 Å². The summed E-state index contributed by atoms with van der Waals surface area (Å²) in [5, 5.41) is 2.96. The lowest BCUT2D eigenvalue weighted by atomic mass is 9.95. The van der Waals surface area contributed by atoms with Crippen molar-refractivity contribution in [3.8, 4) is 11.5 Å². The van der Waals surface area contributed by atoms with Crippen LogP contribution >= 0.6 is 0 Å². The standard InChI is InChI=1S/C28H45N3O5/c1-8-11-12-21(10-3)27(33)31-16-15-30(18-20(31)5)28(34)25(19(4)9-2)29-26(32)23-14-13-22(35-6)17-24(23)36-7/h13-14,17,19-21,25H,8-12,15-16,18H2,1-7H3,(H,29,32)/t19-,20+,21+,25-/m1/s1. The van der Waals surface area contributed by atoms with E-state index in [0.29, 0.717) is 36.7 Å². The Balaban J connectivity index is 2.14. The van der Waals surface area contributed by atoms with Gasteiger partial charge in [0, 0.05) is 37.7 Å². The third-order valence-corrected chi connectivity index (χ3v) is 7.39. The minimum Gasteiger partial charge on any atom is -0.497 e. The fourth-order valence-corrected chi connectivity index (χ4v) is 4.76. The highest BCUT2D eigenvalue weighted by molar-refractivity contribution is 6.00. The van der Waals surface area contributed by atoms with E-state index in [2.05, 4.69) is 19.2 Å². The van der Waals surface area contributed by atoms with E-state index in [0.717, 1.165) is 32.1 Å². The van der Waals surface area contributed by atoms with Crippen molar-refractivity contribution >= 4 is 17.7 Å². The Bertz CT molecular complexity index is 890. The van der Waals surface area contributed by atoms with Gasteiger partial charge in [0.25, 0.3) is 5.91 Å². The summed E-state index contributed by atoms with van der Waals surface area (Å²) in [5.41, 5.74) is 0.348. The highest BCUT2D eigenvalue weighted by Crippen LogP contribution is 2.26. The molecule has 3 amide bonds. The number of rotatable bonds is 12. The van der Waals surface area contributed by atoms with E-state index in [1.165, 1.54) is 7.11 Å². The normalized spacial score (nSPS) is 18.2. The van der Waals surface area contributed by atoms with Crippen LogP contribution in [-0.4, -0.2) is 73.5 Å². The smallest absolute Gasteiger partial charge is 0.255 e. The molecule has 1 fully saturated rings. The van der Waals surface area contributed by atoms with Crippen molar-refractivity contribution in [3.63, 3.8) is 0 Å². The summed E-state index contributed by atoms with van der Waals surface area (Å²) in [4.78, 5) is 43.7. The summed E-state index contributed by atoms with van der Waals surface area (Å²) < 4.78 is 10.6. The predicted octanol–water partition coefficient (Wildman–Crippen LogP) is 4.12. The molecule has 0 saturated carbocycles. The van der Waals surface area contributed by atoms with Crippen molar-refractivity contribution in [2.45, 2.75) is 78.8 Å². The van der Waals surface area contributed by atoms with Gasteiger partial charge in [0.1, 0.15) is 17.5 Å². The molecule has 1 N–H and O–H groups in total. The van der Waals surface area contributed by atoms with Crippen LogP contribution in [0.25, 0.3) is 0 Å². The fourth-order valence-electron chi connectivity index (χ4n) is 4.76. The number of benzene rings is 1. The van der Waals surface area contributed by atoms with E-state index in [1.54, 1.807) is 30.2 Å². The average Bonchev–Trinajstić information content (AvgIpc) is 2.90. The second kappa shape index (κ2) is 14.1. The Morgan fingerprint density at radius 1 is 1.06 bits per heavy atom. The van der Waals surface area contributed by atoms with E-state index in [-0.39, 0.29) is 35.6 Å². The molecule has 1 saturated heterocycles. The summed E-state index contributed by atoms with van der Waals surface area (Å²) in [7, 11) is 3.05. The Labute approximate surface area is 216 Å². The molecule has 2 rings (SSSR count). The van der Waals surface area contributed by atoms with Crippen LogP contribution in [0.4, 0.5) is 0 Å². The van der Waals surface area contributed by atoms with Gasteiger partial charge >= 0.3 is 0 Å². The van der Waals surface area contributed by atoms with Gasteiger partial charge in [-0.25, -0.2) is 0 Å². The molecule has 8 nitrogen and oxygen atoms in total. The summed E-state index contributed by atoms with van der Waals surface area (Å²) in [5.74, 6) is 0.680. The molecule has 0 spiro atoms. The number of carbonyl (C=O) groups excluding carboxylic acids is 3. The molecule has 0 bridgehead atoms. The first-order valence-electron chi connectivity index (χ1n) is 13.3. The minimum absolute atomic E-state index is 0.0429. The zero-order valence-corrected chi connectivity index (χ0v) is 23.1. The molecule has 202 valence electrons. The molecule has 1 aromatic rings. The van der Waals surface area contributed by atoms with Crippen LogP contribution in [0.15, 0.2) is 18.2 Å². The van der Waals surface area contributed by atoms with E-state index in [9.17, 15) is 14.4 Å². The molecular weight excluding hydrogens is 458 g/mol. The SMILES string of the molecule is CCCC[C@H](CC)C(=O)N1CCN(C(=O)[C@H](NC(=O)c2ccc(OC)cc2OC)[C@H](C)CC)C[C@@H]1C. The van der Waals surface area contributed by atoms with Crippen LogP contribution in [0.2, 0.25) is 0 Å². The number of hydrogen-bond donors (Lipinski definition) is 1. The Kier molecular flexibility index (Phi) is 11.5. The van der Waals surface area contributed by atoms with Crippen LogP contribution in [0, 0.1) is 11.8 Å². The molecular formula is C28H45N3O5. The van der Waals surface area contributed by atoms with Gasteiger partial charge in [-0.1, -0.05) is 47.0 Å². The zero-order chi connectivity index (χ0) is 26.8. The number of nitrogens with one attached hydrogen (secondary N) is 1. The molecule has 0 aromatic heterocycles. The topological polar surface area (TPSA) is 88.2 Å². The second-order valence-corrected chi connectivity index (χ2v) is 9.82. The van der Waals surface area contributed by atoms with Crippen molar-refractivity contribution < 1.29 is 23.9 Å². The third-order valence-electron chi connectivity index (χ3n) is 7.39. The largest absolute Gasteiger partial charge is 0.497 e. The fraction of sp³-hybridized carbons (Fsp3) is 0.679. The number of ether oxygens (including phenoxy) is 2. The maximum atomic E-state index is 13.6. The quantitative estimate of drug-likeness (QED) is 0.464. The molecule has 1 aliphatic rings. The van der Waals surface area contributed by atoms with Gasteiger partial charge in [0.2, 0.25) is 11.8 Å². The van der Waals surface area contributed by atoms with Crippen molar-refractivity contribution in [1.29, 1.82) is 0 Å². The highest BCUT2D eigenvalue weighted by Gasteiger charge is 2.36. The molecule has 8 heteroatoms. The first-order chi connectivity index (χ1) is 17.2. The molecule has 1 aliphatic heterocycles. The van der Waals surface area contributed by atoms with Gasteiger partial charge in [-0.15, -0.1) is 0 Å². The third kappa shape index (κ3) is 7.14. The number of unbranched alkanes of at least 4 members (excludes halogenated alkanes) is 1. The first kappa shape index (κ1) is 29.5. The molecule has 0 radical (unpaired) electrons. The monoisotopic (exact) mass is 503 g/mol. The van der Waals surface area contributed by atoms with Crippen molar-refractivity contribution in [3.05, 3.63) is 23.8 Å². The maximum Gasteiger partial charge on any atom is 0.255 e. The number of amides is 3. The van der Waals surface area contributed by atoms with Crippen LogP contribution in [-0.2, 0) is 9.59 Å². The summed E-state index contributed by atoms with van der Waals surface area (Å²) in [6.45, 7) is 11.6. The molecule has 4 atom stereocenters.